The van der Waals surface area contributed by atoms with Crippen molar-refractivity contribution in [1.82, 2.24) is 0 Å². The summed E-state index contributed by atoms with van der Waals surface area (Å²) < 4.78 is 10.2. The standard InChI is InChI=1S/C18H21NO6/c1-24-18-5-2-11(8-17(18)23)14(20)4-3-13-15(21)9-12(10-16(13)22)25-7-6-19/h2-5,8-10,13,15,21-23H,6-7,19H2,1H3. The number of hydrogen-bond acceptors (Lipinski definition) is 7. The van der Waals surface area contributed by atoms with Crippen LogP contribution in [0.5, 0.6) is 11.5 Å². The second kappa shape index (κ2) is 8.36. The number of benzene rings is 1. The van der Waals surface area contributed by atoms with Gasteiger partial charge in [-0.2, -0.15) is 0 Å². The number of ketones is 1. The number of aliphatic hydroxyl groups excluding tert-OH is 2. The Morgan fingerprint density at radius 3 is 2.72 bits per heavy atom. The maximum absolute atomic E-state index is 12.2. The smallest absolute Gasteiger partial charge is 0.185 e. The van der Waals surface area contributed by atoms with E-state index < -0.39 is 12.0 Å². The van der Waals surface area contributed by atoms with Crippen LogP contribution in [0.1, 0.15) is 10.4 Å². The fraction of sp³-hybridized carbons (Fsp3) is 0.278. The van der Waals surface area contributed by atoms with Crippen LogP contribution < -0.4 is 10.5 Å². The van der Waals surface area contributed by atoms with Crippen molar-refractivity contribution in [2.45, 2.75) is 6.10 Å². The van der Waals surface area contributed by atoms with Crippen molar-refractivity contribution in [1.29, 1.82) is 0 Å². The molecule has 0 spiro atoms. The summed E-state index contributed by atoms with van der Waals surface area (Å²) in [5.74, 6) is -0.825. The zero-order valence-corrected chi connectivity index (χ0v) is 13.8. The molecule has 7 nitrogen and oxygen atoms in total. The second-order valence-electron chi connectivity index (χ2n) is 5.40. The van der Waals surface area contributed by atoms with Crippen LogP contribution in [-0.4, -0.2) is 47.5 Å². The van der Waals surface area contributed by atoms with Gasteiger partial charge >= 0.3 is 0 Å². The Hall–Kier alpha value is -2.77. The van der Waals surface area contributed by atoms with Crippen molar-refractivity contribution < 1.29 is 29.6 Å². The summed E-state index contributed by atoms with van der Waals surface area (Å²) in [6.07, 6.45) is 4.41. The van der Waals surface area contributed by atoms with Crippen molar-refractivity contribution in [3.63, 3.8) is 0 Å². The number of phenolic OH excluding ortho intramolecular Hbond substituents is 1. The summed E-state index contributed by atoms with van der Waals surface area (Å²) in [6, 6.07) is 4.28. The SMILES string of the molecule is COc1ccc(C(=O)C=CC2C(O)=CC(OCCN)=CC2O)cc1O. The highest BCUT2D eigenvalue weighted by Crippen LogP contribution is 2.27. The van der Waals surface area contributed by atoms with E-state index in [4.69, 9.17) is 15.2 Å². The molecule has 2 rings (SSSR count). The van der Waals surface area contributed by atoms with E-state index in [0.717, 1.165) is 0 Å². The fourth-order valence-electron chi connectivity index (χ4n) is 2.35. The van der Waals surface area contributed by atoms with Gasteiger partial charge in [0.15, 0.2) is 17.3 Å². The third-order valence-corrected chi connectivity index (χ3v) is 3.64. The van der Waals surface area contributed by atoms with Gasteiger partial charge in [-0.3, -0.25) is 4.79 Å². The first kappa shape index (κ1) is 18.6. The van der Waals surface area contributed by atoms with E-state index in [1.165, 1.54) is 49.6 Å². The first-order chi connectivity index (χ1) is 12.0. The lowest BCUT2D eigenvalue weighted by Crippen LogP contribution is -2.23. The minimum absolute atomic E-state index is 0.122. The Bertz CT molecular complexity index is 722. The van der Waals surface area contributed by atoms with E-state index in [1.54, 1.807) is 0 Å². The first-order valence-electron chi connectivity index (χ1n) is 7.69. The van der Waals surface area contributed by atoms with Crippen LogP contribution in [0.2, 0.25) is 0 Å². The molecule has 0 amide bonds. The average Bonchev–Trinajstić information content (AvgIpc) is 2.58. The molecular weight excluding hydrogens is 326 g/mol. The van der Waals surface area contributed by atoms with Gasteiger partial charge in [-0.05, 0) is 30.4 Å². The van der Waals surface area contributed by atoms with Gasteiger partial charge < -0.3 is 30.5 Å². The Morgan fingerprint density at radius 2 is 2.12 bits per heavy atom. The third-order valence-electron chi connectivity index (χ3n) is 3.64. The Labute approximate surface area is 145 Å². The predicted molar refractivity (Wildman–Crippen MR) is 91.4 cm³/mol. The quantitative estimate of drug-likeness (QED) is 0.435. The molecule has 1 aliphatic rings. The van der Waals surface area contributed by atoms with E-state index in [2.05, 4.69) is 0 Å². The molecule has 0 heterocycles. The molecule has 7 heteroatoms. The Balaban J connectivity index is 2.08. The van der Waals surface area contributed by atoms with E-state index in [1.807, 2.05) is 0 Å². The third kappa shape index (κ3) is 4.62. The molecule has 134 valence electrons. The summed E-state index contributed by atoms with van der Waals surface area (Å²) in [5, 5.41) is 29.9. The Morgan fingerprint density at radius 1 is 1.36 bits per heavy atom. The molecule has 2 unspecified atom stereocenters. The van der Waals surface area contributed by atoms with Crippen molar-refractivity contribution in [3.05, 3.63) is 59.6 Å². The number of carbonyl (C=O) groups excluding carboxylic acids is 1. The highest BCUT2D eigenvalue weighted by atomic mass is 16.5. The molecule has 0 saturated carbocycles. The van der Waals surface area contributed by atoms with Crippen LogP contribution >= 0.6 is 0 Å². The van der Waals surface area contributed by atoms with E-state index >= 15 is 0 Å². The minimum atomic E-state index is -1.04. The monoisotopic (exact) mass is 347 g/mol. The largest absolute Gasteiger partial charge is 0.511 e. The summed E-state index contributed by atoms with van der Waals surface area (Å²) >= 11 is 0. The minimum Gasteiger partial charge on any atom is -0.511 e. The number of carbonyl (C=O) groups is 1. The number of hydrogen-bond donors (Lipinski definition) is 4. The molecule has 2 atom stereocenters. The van der Waals surface area contributed by atoms with Gasteiger partial charge in [-0.25, -0.2) is 0 Å². The summed E-state index contributed by atoms with van der Waals surface area (Å²) in [5.41, 5.74) is 5.59. The number of phenols is 1. The van der Waals surface area contributed by atoms with Gasteiger partial charge in [-0.15, -0.1) is 0 Å². The van der Waals surface area contributed by atoms with E-state index in [-0.39, 0.29) is 35.2 Å². The maximum atomic E-state index is 12.2. The van der Waals surface area contributed by atoms with Gasteiger partial charge in [0.05, 0.1) is 19.1 Å². The van der Waals surface area contributed by atoms with Crippen LogP contribution in [-0.2, 0) is 4.74 Å². The zero-order chi connectivity index (χ0) is 18.4. The topological polar surface area (TPSA) is 122 Å². The molecule has 0 fully saturated rings. The number of ether oxygens (including phenoxy) is 2. The summed E-state index contributed by atoms with van der Waals surface area (Å²) in [6.45, 7) is 0.580. The molecule has 25 heavy (non-hydrogen) atoms. The Kier molecular flexibility index (Phi) is 6.21. The number of allylic oxidation sites excluding steroid dienone is 2. The van der Waals surface area contributed by atoms with Crippen molar-refractivity contribution >= 4 is 5.78 Å². The second-order valence-corrected chi connectivity index (χ2v) is 5.40. The molecule has 0 radical (unpaired) electrons. The van der Waals surface area contributed by atoms with Gasteiger partial charge in [0.2, 0.25) is 0 Å². The molecule has 0 aliphatic heterocycles. The van der Waals surface area contributed by atoms with Crippen LogP contribution in [0.15, 0.2) is 54.0 Å². The molecule has 1 aromatic carbocycles. The van der Waals surface area contributed by atoms with Gasteiger partial charge in [0.25, 0.3) is 0 Å². The van der Waals surface area contributed by atoms with E-state index in [9.17, 15) is 20.1 Å². The zero-order valence-electron chi connectivity index (χ0n) is 13.8. The van der Waals surface area contributed by atoms with Crippen molar-refractivity contribution in [2.24, 2.45) is 11.7 Å². The van der Waals surface area contributed by atoms with Crippen molar-refractivity contribution in [3.8, 4) is 11.5 Å². The molecule has 0 bridgehead atoms. The molecule has 1 aliphatic carbocycles. The van der Waals surface area contributed by atoms with Crippen LogP contribution in [0.25, 0.3) is 0 Å². The maximum Gasteiger partial charge on any atom is 0.185 e. The lowest BCUT2D eigenvalue weighted by Gasteiger charge is -2.22. The van der Waals surface area contributed by atoms with E-state index in [0.29, 0.717) is 12.3 Å². The normalized spacial score (nSPS) is 20.1. The number of rotatable bonds is 7. The van der Waals surface area contributed by atoms with Crippen LogP contribution in [0.4, 0.5) is 0 Å². The molecule has 0 saturated heterocycles. The predicted octanol–water partition coefficient (Wildman–Crippen LogP) is 1.43. The highest BCUT2D eigenvalue weighted by Gasteiger charge is 2.24. The van der Waals surface area contributed by atoms with Crippen LogP contribution in [0, 0.1) is 5.92 Å². The lowest BCUT2D eigenvalue weighted by molar-refractivity contribution is 0.104. The number of aromatic hydroxyl groups is 1. The molecule has 1 aromatic rings. The van der Waals surface area contributed by atoms with Crippen LogP contribution in [0.3, 0.4) is 0 Å². The summed E-state index contributed by atoms with van der Waals surface area (Å²) in [4.78, 5) is 12.2. The fourth-order valence-corrected chi connectivity index (χ4v) is 2.35. The van der Waals surface area contributed by atoms with Crippen molar-refractivity contribution in [2.75, 3.05) is 20.3 Å². The number of aliphatic hydroxyl groups is 2. The van der Waals surface area contributed by atoms with Gasteiger partial charge in [0.1, 0.15) is 18.1 Å². The highest BCUT2D eigenvalue weighted by molar-refractivity contribution is 6.04. The molecular formula is C18H21NO6. The molecule has 0 aromatic heterocycles. The lowest BCUT2D eigenvalue weighted by atomic mass is 9.93. The van der Waals surface area contributed by atoms with Gasteiger partial charge in [-0.1, -0.05) is 6.08 Å². The summed E-state index contributed by atoms with van der Waals surface area (Å²) in [7, 11) is 1.41. The number of nitrogens with two attached hydrogens (primary N) is 1. The van der Waals surface area contributed by atoms with Gasteiger partial charge in [0, 0.05) is 18.2 Å². The number of methoxy groups -OCH3 is 1. The average molecular weight is 347 g/mol. The first-order valence-corrected chi connectivity index (χ1v) is 7.69. The molecule has 5 N–H and O–H groups in total.